The van der Waals surface area contributed by atoms with Gasteiger partial charge in [-0.3, -0.25) is 0 Å². The Morgan fingerprint density at radius 1 is 1.38 bits per heavy atom. The van der Waals surface area contributed by atoms with E-state index in [1.54, 1.807) is 0 Å². The monoisotopic (exact) mass is 238 g/mol. The first-order valence-corrected chi connectivity index (χ1v) is 5.90. The van der Waals surface area contributed by atoms with E-state index in [0.717, 1.165) is 32.5 Å². The van der Waals surface area contributed by atoms with Crippen molar-refractivity contribution in [3.05, 3.63) is 0 Å². The minimum atomic E-state index is -4.02. The number of hydrogen-bond acceptors (Lipinski definition) is 2. The highest BCUT2D eigenvalue weighted by atomic mass is 19.4. The topological polar surface area (TPSA) is 24.1 Å². The molecule has 1 heterocycles. The first kappa shape index (κ1) is 13.8. The second kappa shape index (κ2) is 5.87. The summed E-state index contributed by atoms with van der Waals surface area (Å²) in [7, 11) is 0. The van der Waals surface area contributed by atoms with Crippen molar-refractivity contribution in [2.45, 2.75) is 38.8 Å². The Kier molecular flexibility index (Phi) is 5.05. The summed E-state index contributed by atoms with van der Waals surface area (Å²) in [5.74, 6) is 0. The maximum Gasteiger partial charge on any atom is 0.389 e. The summed E-state index contributed by atoms with van der Waals surface area (Å²) in [5.41, 5.74) is 0.205. The molecule has 96 valence electrons. The van der Waals surface area contributed by atoms with E-state index in [4.69, 9.17) is 0 Å². The van der Waals surface area contributed by atoms with E-state index in [0.29, 0.717) is 6.54 Å². The molecule has 1 unspecified atom stereocenters. The van der Waals surface area contributed by atoms with E-state index in [-0.39, 0.29) is 11.8 Å². The minimum Gasteiger partial charge on any atom is -0.316 e. The van der Waals surface area contributed by atoms with Gasteiger partial charge in [0.1, 0.15) is 0 Å². The lowest BCUT2D eigenvalue weighted by molar-refractivity contribution is -0.135. The summed E-state index contributed by atoms with van der Waals surface area (Å²) in [6.07, 6.45) is -2.23. The van der Waals surface area contributed by atoms with Crippen molar-refractivity contribution in [3.63, 3.8) is 0 Å². The third kappa shape index (κ3) is 5.70. The van der Waals surface area contributed by atoms with Crippen molar-refractivity contribution in [2.24, 2.45) is 5.41 Å². The Hall–Kier alpha value is -0.290. The SMILES string of the molecule is CC1(CNCCCC(F)(F)F)CCCNC1. The molecular weight excluding hydrogens is 217 g/mol. The summed E-state index contributed by atoms with van der Waals surface area (Å²) in [5, 5.41) is 6.45. The molecule has 1 aliphatic rings. The van der Waals surface area contributed by atoms with Crippen LogP contribution in [0.4, 0.5) is 13.2 Å². The van der Waals surface area contributed by atoms with Gasteiger partial charge >= 0.3 is 6.18 Å². The normalized spacial score (nSPS) is 27.0. The molecule has 5 heteroatoms. The van der Waals surface area contributed by atoms with Gasteiger partial charge in [0.15, 0.2) is 0 Å². The first-order chi connectivity index (χ1) is 7.41. The molecule has 0 amide bonds. The fourth-order valence-electron chi connectivity index (χ4n) is 2.07. The van der Waals surface area contributed by atoms with Crippen molar-refractivity contribution in [3.8, 4) is 0 Å². The highest BCUT2D eigenvalue weighted by molar-refractivity contribution is 4.83. The summed E-state index contributed by atoms with van der Waals surface area (Å²) in [6, 6.07) is 0. The Labute approximate surface area is 95.0 Å². The van der Waals surface area contributed by atoms with E-state index in [1.807, 2.05) is 0 Å². The number of halogens is 3. The fourth-order valence-corrected chi connectivity index (χ4v) is 2.07. The summed E-state index contributed by atoms with van der Waals surface area (Å²) >= 11 is 0. The van der Waals surface area contributed by atoms with Crippen LogP contribution in [0.25, 0.3) is 0 Å². The summed E-state index contributed by atoms with van der Waals surface area (Å²) in [6.45, 7) is 5.45. The molecule has 1 saturated heterocycles. The summed E-state index contributed by atoms with van der Waals surface area (Å²) in [4.78, 5) is 0. The van der Waals surface area contributed by atoms with E-state index >= 15 is 0 Å². The lowest BCUT2D eigenvalue weighted by Crippen LogP contribution is -2.44. The van der Waals surface area contributed by atoms with E-state index < -0.39 is 12.6 Å². The van der Waals surface area contributed by atoms with Crippen molar-refractivity contribution < 1.29 is 13.2 Å². The second-order valence-electron chi connectivity index (χ2n) is 4.99. The predicted octanol–water partition coefficient (Wildman–Crippen LogP) is 2.31. The van der Waals surface area contributed by atoms with Gasteiger partial charge in [0.2, 0.25) is 0 Å². The van der Waals surface area contributed by atoms with Crippen molar-refractivity contribution in [2.75, 3.05) is 26.2 Å². The van der Waals surface area contributed by atoms with Crippen LogP contribution in [0.1, 0.15) is 32.6 Å². The van der Waals surface area contributed by atoms with Crippen molar-refractivity contribution in [1.82, 2.24) is 10.6 Å². The number of rotatable bonds is 5. The van der Waals surface area contributed by atoms with E-state index in [2.05, 4.69) is 17.6 Å². The first-order valence-electron chi connectivity index (χ1n) is 5.90. The molecule has 1 atom stereocenters. The van der Waals surface area contributed by atoms with Crippen LogP contribution in [0.2, 0.25) is 0 Å². The second-order valence-corrected chi connectivity index (χ2v) is 4.99. The van der Waals surface area contributed by atoms with Crippen LogP contribution in [0.5, 0.6) is 0 Å². The third-order valence-electron chi connectivity index (χ3n) is 3.05. The van der Waals surface area contributed by atoms with E-state index in [1.165, 1.54) is 0 Å². The van der Waals surface area contributed by atoms with Crippen molar-refractivity contribution in [1.29, 1.82) is 0 Å². The molecule has 0 aromatic rings. The average Bonchev–Trinajstić information content (AvgIpc) is 2.16. The van der Waals surface area contributed by atoms with Crippen LogP contribution in [0.3, 0.4) is 0 Å². The number of alkyl halides is 3. The molecular formula is C11H21F3N2. The van der Waals surface area contributed by atoms with Gasteiger partial charge in [-0.15, -0.1) is 0 Å². The molecule has 1 aliphatic heterocycles. The van der Waals surface area contributed by atoms with Crippen LogP contribution in [-0.4, -0.2) is 32.4 Å². The van der Waals surface area contributed by atoms with Crippen molar-refractivity contribution >= 4 is 0 Å². The molecule has 0 bridgehead atoms. The molecule has 0 radical (unpaired) electrons. The van der Waals surface area contributed by atoms with Gasteiger partial charge in [-0.2, -0.15) is 13.2 Å². The Balaban J connectivity index is 2.06. The molecule has 0 aromatic heterocycles. The van der Waals surface area contributed by atoms with Crippen LogP contribution in [0.15, 0.2) is 0 Å². The molecule has 0 saturated carbocycles. The van der Waals surface area contributed by atoms with Gasteiger partial charge < -0.3 is 10.6 Å². The standard InChI is InChI=1S/C11H21F3N2/c1-10(4-2-6-15-8-10)9-16-7-3-5-11(12,13)14/h15-16H,2-9H2,1H3. The van der Waals surface area contributed by atoms with Crippen LogP contribution >= 0.6 is 0 Å². The molecule has 1 rings (SSSR count). The third-order valence-corrected chi connectivity index (χ3v) is 3.05. The fraction of sp³-hybridized carbons (Fsp3) is 1.00. The Morgan fingerprint density at radius 3 is 2.69 bits per heavy atom. The smallest absolute Gasteiger partial charge is 0.316 e. The molecule has 0 aliphatic carbocycles. The van der Waals surface area contributed by atoms with Crippen LogP contribution < -0.4 is 10.6 Å². The predicted molar refractivity (Wildman–Crippen MR) is 58.4 cm³/mol. The molecule has 2 nitrogen and oxygen atoms in total. The number of hydrogen-bond donors (Lipinski definition) is 2. The lowest BCUT2D eigenvalue weighted by atomic mass is 9.83. The number of piperidine rings is 1. The highest BCUT2D eigenvalue weighted by Crippen LogP contribution is 2.24. The quantitative estimate of drug-likeness (QED) is 0.718. The number of nitrogens with one attached hydrogen (secondary N) is 2. The van der Waals surface area contributed by atoms with E-state index in [9.17, 15) is 13.2 Å². The van der Waals surface area contributed by atoms with Crippen LogP contribution in [-0.2, 0) is 0 Å². The average molecular weight is 238 g/mol. The molecule has 0 spiro atoms. The Morgan fingerprint density at radius 2 is 2.12 bits per heavy atom. The minimum absolute atomic E-state index is 0.174. The van der Waals surface area contributed by atoms with Gasteiger partial charge in [0, 0.05) is 19.5 Å². The lowest BCUT2D eigenvalue weighted by Gasteiger charge is -2.34. The molecule has 0 aromatic carbocycles. The molecule has 1 fully saturated rings. The zero-order valence-electron chi connectivity index (χ0n) is 9.79. The summed E-state index contributed by atoms with van der Waals surface area (Å²) < 4.78 is 35.6. The van der Waals surface area contributed by atoms with Gasteiger partial charge in [0.05, 0.1) is 0 Å². The van der Waals surface area contributed by atoms with Gasteiger partial charge in [-0.1, -0.05) is 6.92 Å². The maximum atomic E-state index is 11.9. The highest BCUT2D eigenvalue weighted by Gasteiger charge is 2.27. The zero-order chi connectivity index (χ0) is 12.1. The molecule has 2 N–H and O–H groups in total. The largest absolute Gasteiger partial charge is 0.389 e. The van der Waals surface area contributed by atoms with Gasteiger partial charge in [-0.25, -0.2) is 0 Å². The Bertz CT molecular complexity index is 198. The van der Waals surface area contributed by atoms with Crippen LogP contribution in [0, 0.1) is 5.41 Å². The van der Waals surface area contributed by atoms with Gasteiger partial charge in [0.25, 0.3) is 0 Å². The van der Waals surface area contributed by atoms with Gasteiger partial charge in [-0.05, 0) is 37.8 Å². The zero-order valence-corrected chi connectivity index (χ0v) is 9.79. The molecule has 16 heavy (non-hydrogen) atoms. The maximum absolute atomic E-state index is 11.9.